The van der Waals surface area contributed by atoms with Crippen LogP contribution in [0, 0.1) is 12.8 Å². The first-order valence-electron chi connectivity index (χ1n) is 7.92. The van der Waals surface area contributed by atoms with Gasteiger partial charge in [0.1, 0.15) is 6.61 Å². The van der Waals surface area contributed by atoms with Crippen molar-refractivity contribution in [3.63, 3.8) is 0 Å². The Morgan fingerprint density at radius 2 is 2.14 bits per heavy atom. The van der Waals surface area contributed by atoms with Crippen LogP contribution >= 0.6 is 15.9 Å². The van der Waals surface area contributed by atoms with E-state index in [1.54, 1.807) is 0 Å². The van der Waals surface area contributed by atoms with Crippen molar-refractivity contribution in [2.75, 3.05) is 6.61 Å². The highest BCUT2D eigenvalue weighted by atomic mass is 79.9. The van der Waals surface area contributed by atoms with Crippen molar-refractivity contribution in [3.8, 4) is 11.4 Å². The van der Waals surface area contributed by atoms with Crippen molar-refractivity contribution < 1.29 is 4.74 Å². The Morgan fingerprint density at radius 1 is 1.36 bits per heavy atom. The Hall–Kier alpha value is -1.20. The molecule has 0 N–H and O–H groups in total. The molecule has 2 aromatic rings. The predicted molar refractivity (Wildman–Crippen MR) is 88.5 cm³/mol. The van der Waals surface area contributed by atoms with E-state index in [9.17, 15) is 0 Å². The molecule has 0 saturated heterocycles. The maximum Gasteiger partial charge on any atom is 0.181 e. The van der Waals surface area contributed by atoms with Gasteiger partial charge in [0.25, 0.3) is 0 Å². The van der Waals surface area contributed by atoms with Crippen LogP contribution in [-0.2, 0) is 16.9 Å². The van der Waals surface area contributed by atoms with Crippen molar-refractivity contribution in [1.82, 2.24) is 14.8 Å². The summed E-state index contributed by atoms with van der Waals surface area (Å²) in [4.78, 5) is 4.77. The third kappa shape index (κ3) is 2.14. The summed E-state index contributed by atoms with van der Waals surface area (Å²) >= 11 is 3.55. The van der Waals surface area contributed by atoms with E-state index in [4.69, 9.17) is 14.8 Å². The lowest BCUT2D eigenvalue weighted by atomic mass is 9.50. The van der Waals surface area contributed by atoms with E-state index in [0.29, 0.717) is 13.2 Å². The average molecular weight is 362 g/mol. The maximum atomic E-state index is 5.60. The lowest BCUT2D eigenvalue weighted by molar-refractivity contribution is -0.102. The summed E-state index contributed by atoms with van der Waals surface area (Å²) in [5.41, 5.74) is 2.52. The van der Waals surface area contributed by atoms with Crippen LogP contribution < -0.4 is 0 Å². The van der Waals surface area contributed by atoms with Gasteiger partial charge in [-0.2, -0.15) is 5.10 Å². The molecule has 3 aliphatic carbocycles. The number of hydrogen-bond acceptors (Lipinski definition) is 3. The summed E-state index contributed by atoms with van der Waals surface area (Å²) in [7, 11) is 0. The smallest absolute Gasteiger partial charge is 0.181 e. The van der Waals surface area contributed by atoms with E-state index < -0.39 is 0 Å². The molecule has 3 aliphatic rings. The average Bonchev–Trinajstić information content (AvgIpc) is 2.80. The third-order valence-electron chi connectivity index (χ3n) is 4.98. The second kappa shape index (κ2) is 5.17. The quantitative estimate of drug-likeness (QED) is 0.805. The molecule has 2 bridgehead atoms. The molecule has 0 amide bonds. The number of nitrogens with zero attached hydrogens (tertiary/aromatic N) is 3. The lowest BCUT2D eigenvalue weighted by Gasteiger charge is -2.61. The molecule has 5 rings (SSSR count). The number of benzene rings is 1. The summed E-state index contributed by atoms with van der Waals surface area (Å²) in [5, 5.41) is 4.85. The molecule has 116 valence electrons. The number of rotatable bonds is 5. The molecule has 0 radical (unpaired) electrons. The molecule has 0 spiro atoms. The van der Waals surface area contributed by atoms with Crippen LogP contribution in [0.1, 0.15) is 37.6 Å². The standard InChI is InChI=1S/C17H20BrN3O/c1-3-22-10-15-19-16(13-4-5-14(18)11(2)6-13)20-21(15)17-7-12(8-17)9-17/h4-6,12H,3,7-10H2,1-2H3. The molecular weight excluding hydrogens is 342 g/mol. The molecule has 3 fully saturated rings. The zero-order valence-corrected chi connectivity index (χ0v) is 14.6. The van der Waals surface area contributed by atoms with Crippen LogP contribution in [0.3, 0.4) is 0 Å². The summed E-state index contributed by atoms with van der Waals surface area (Å²) in [5.74, 6) is 2.70. The zero-order chi connectivity index (χ0) is 15.3. The minimum atomic E-state index is 0.243. The minimum absolute atomic E-state index is 0.243. The van der Waals surface area contributed by atoms with Gasteiger partial charge in [0.15, 0.2) is 11.6 Å². The maximum absolute atomic E-state index is 5.60. The van der Waals surface area contributed by atoms with E-state index >= 15 is 0 Å². The highest BCUT2D eigenvalue weighted by Gasteiger charge is 2.59. The molecule has 0 atom stereocenters. The molecule has 1 aromatic carbocycles. The summed E-state index contributed by atoms with van der Waals surface area (Å²) < 4.78 is 8.88. The molecule has 3 saturated carbocycles. The molecule has 0 aliphatic heterocycles. The number of ether oxygens (including phenoxy) is 1. The Balaban J connectivity index is 1.72. The first-order chi connectivity index (χ1) is 10.6. The van der Waals surface area contributed by atoms with Gasteiger partial charge in [0, 0.05) is 16.6 Å². The van der Waals surface area contributed by atoms with E-state index in [1.165, 1.54) is 24.8 Å². The topological polar surface area (TPSA) is 39.9 Å². The van der Waals surface area contributed by atoms with Gasteiger partial charge in [-0.1, -0.05) is 15.9 Å². The van der Waals surface area contributed by atoms with Gasteiger partial charge in [-0.05, 0) is 62.8 Å². The second-order valence-corrected chi connectivity index (χ2v) is 7.42. The fourth-order valence-corrected chi connectivity index (χ4v) is 3.86. The van der Waals surface area contributed by atoms with E-state index in [0.717, 1.165) is 27.6 Å². The molecule has 1 aromatic heterocycles. The largest absolute Gasteiger partial charge is 0.374 e. The van der Waals surface area contributed by atoms with Gasteiger partial charge in [0.05, 0.1) is 5.54 Å². The van der Waals surface area contributed by atoms with Gasteiger partial charge in [0.2, 0.25) is 0 Å². The molecule has 1 heterocycles. The minimum Gasteiger partial charge on any atom is -0.374 e. The van der Waals surface area contributed by atoms with Crippen molar-refractivity contribution in [3.05, 3.63) is 34.1 Å². The fraction of sp³-hybridized carbons (Fsp3) is 0.529. The van der Waals surface area contributed by atoms with Crippen molar-refractivity contribution >= 4 is 15.9 Å². The Labute approximate surface area is 139 Å². The van der Waals surface area contributed by atoms with Crippen LogP contribution in [0.15, 0.2) is 22.7 Å². The van der Waals surface area contributed by atoms with E-state index in [-0.39, 0.29) is 5.54 Å². The molecule has 4 nitrogen and oxygen atoms in total. The highest BCUT2D eigenvalue weighted by molar-refractivity contribution is 9.10. The Bertz CT molecular complexity index is 708. The van der Waals surface area contributed by atoms with Crippen molar-refractivity contribution in [2.24, 2.45) is 5.92 Å². The van der Waals surface area contributed by atoms with Gasteiger partial charge in [-0.3, -0.25) is 0 Å². The van der Waals surface area contributed by atoms with Crippen LogP contribution in [0.2, 0.25) is 0 Å². The lowest BCUT2D eigenvalue weighted by Crippen LogP contribution is -2.60. The number of aromatic nitrogens is 3. The predicted octanol–water partition coefficient (Wildman–Crippen LogP) is 4.06. The van der Waals surface area contributed by atoms with Crippen LogP contribution in [0.25, 0.3) is 11.4 Å². The first-order valence-corrected chi connectivity index (χ1v) is 8.71. The molecular formula is C17H20BrN3O. The van der Waals surface area contributed by atoms with Gasteiger partial charge < -0.3 is 4.74 Å². The number of aryl methyl sites for hydroxylation is 1. The second-order valence-electron chi connectivity index (χ2n) is 6.57. The summed E-state index contributed by atoms with van der Waals surface area (Å²) in [6, 6.07) is 6.27. The monoisotopic (exact) mass is 361 g/mol. The van der Waals surface area contributed by atoms with Gasteiger partial charge in [-0.15, -0.1) is 0 Å². The zero-order valence-electron chi connectivity index (χ0n) is 13.0. The molecule has 22 heavy (non-hydrogen) atoms. The molecule has 0 unspecified atom stereocenters. The third-order valence-corrected chi connectivity index (χ3v) is 5.87. The first kappa shape index (κ1) is 14.4. The normalized spacial score (nSPS) is 25.7. The Kier molecular flexibility index (Phi) is 3.38. The number of halogens is 1. The number of hydrogen-bond donors (Lipinski definition) is 0. The van der Waals surface area contributed by atoms with E-state index in [2.05, 4.69) is 45.7 Å². The summed E-state index contributed by atoms with van der Waals surface area (Å²) in [6.45, 7) is 5.36. The highest BCUT2D eigenvalue weighted by Crippen LogP contribution is 2.62. The van der Waals surface area contributed by atoms with Crippen LogP contribution in [0.4, 0.5) is 0 Å². The summed E-state index contributed by atoms with van der Waals surface area (Å²) in [6.07, 6.45) is 3.77. The van der Waals surface area contributed by atoms with Gasteiger partial charge >= 0.3 is 0 Å². The van der Waals surface area contributed by atoms with Crippen LogP contribution in [0.5, 0.6) is 0 Å². The SMILES string of the molecule is CCOCc1nc(-c2ccc(Br)c(C)c2)nn1C12CC(C1)C2. The van der Waals surface area contributed by atoms with E-state index in [1.807, 2.05) is 6.92 Å². The molecule has 5 heteroatoms. The van der Waals surface area contributed by atoms with Crippen molar-refractivity contribution in [2.45, 2.75) is 45.3 Å². The van der Waals surface area contributed by atoms with Gasteiger partial charge in [-0.25, -0.2) is 9.67 Å². The Morgan fingerprint density at radius 3 is 2.73 bits per heavy atom. The fourth-order valence-electron chi connectivity index (χ4n) is 3.61. The van der Waals surface area contributed by atoms with Crippen LogP contribution in [-0.4, -0.2) is 21.4 Å². The van der Waals surface area contributed by atoms with Crippen molar-refractivity contribution in [1.29, 1.82) is 0 Å².